The maximum atomic E-state index is 12.9. The fourth-order valence-corrected chi connectivity index (χ4v) is 3.03. The average molecular weight is 432 g/mol. The average Bonchev–Trinajstić information content (AvgIpc) is 2.80. The molecule has 0 saturated heterocycles. The highest BCUT2D eigenvalue weighted by Gasteiger charge is 2.19. The second-order valence-electron chi connectivity index (χ2n) is 7.01. The van der Waals surface area contributed by atoms with Crippen LogP contribution in [0.3, 0.4) is 0 Å². The van der Waals surface area contributed by atoms with Gasteiger partial charge in [-0.05, 0) is 49.6 Å². The normalized spacial score (nSPS) is 11.4. The van der Waals surface area contributed by atoms with Gasteiger partial charge in [0.15, 0.2) is 23.0 Å². The van der Waals surface area contributed by atoms with E-state index in [2.05, 4.69) is 19.2 Å². The van der Waals surface area contributed by atoms with Crippen LogP contribution in [0.4, 0.5) is 0 Å². The third kappa shape index (κ3) is 6.20. The van der Waals surface area contributed by atoms with Crippen LogP contribution in [0.1, 0.15) is 55.6 Å². The molecule has 0 aliphatic heterocycles. The summed E-state index contributed by atoms with van der Waals surface area (Å²) in [4.78, 5) is 12.9. The van der Waals surface area contributed by atoms with Gasteiger partial charge in [-0.1, -0.05) is 19.9 Å². The van der Waals surface area contributed by atoms with Crippen molar-refractivity contribution >= 4 is 5.91 Å². The van der Waals surface area contributed by atoms with E-state index >= 15 is 0 Å². The minimum atomic E-state index is -0.255. The lowest BCUT2D eigenvalue weighted by molar-refractivity contribution is 0.0939. The molecule has 0 radical (unpaired) electrons. The Hall–Kier alpha value is -3.09. The minimum Gasteiger partial charge on any atom is -0.493 e. The summed E-state index contributed by atoms with van der Waals surface area (Å²) in [5.41, 5.74) is 1.32. The molecule has 0 aromatic heterocycles. The predicted molar refractivity (Wildman–Crippen MR) is 120 cm³/mol. The Labute approximate surface area is 184 Å². The molecular weight excluding hydrogens is 398 g/mol. The monoisotopic (exact) mass is 431 g/mol. The Bertz CT molecular complexity index is 842. The molecule has 0 bridgehead atoms. The van der Waals surface area contributed by atoms with Gasteiger partial charge in [-0.25, -0.2) is 0 Å². The van der Waals surface area contributed by atoms with E-state index in [1.165, 1.54) is 21.3 Å². The quantitative estimate of drug-likeness (QED) is 0.521. The van der Waals surface area contributed by atoms with Gasteiger partial charge in [-0.3, -0.25) is 4.79 Å². The van der Waals surface area contributed by atoms with Crippen molar-refractivity contribution in [3.05, 3.63) is 41.5 Å². The van der Waals surface area contributed by atoms with Gasteiger partial charge in [0.2, 0.25) is 5.75 Å². The van der Waals surface area contributed by atoms with Gasteiger partial charge in [0.25, 0.3) is 5.91 Å². The second-order valence-corrected chi connectivity index (χ2v) is 7.01. The molecule has 0 spiro atoms. The van der Waals surface area contributed by atoms with Crippen LogP contribution in [0.15, 0.2) is 30.3 Å². The van der Waals surface area contributed by atoms with Gasteiger partial charge in [0, 0.05) is 5.56 Å². The smallest absolute Gasteiger partial charge is 0.252 e. The summed E-state index contributed by atoms with van der Waals surface area (Å²) in [6.45, 7) is 7.24. The molecule has 170 valence electrons. The van der Waals surface area contributed by atoms with Gasteiger partial charge >= 0.3 is 0 Å². The Balaban J connectivity index is 2.24. The molecule has 1 atom stereocenters. The van der Waals surface area contributed by atoms with E-state index in [9.17, 15) is 4.79 Å². The lowest BCUT2D eigenvalue weighted by atomic mass is 10.1. The molecule has 1 amide bonds. The van der Waals surface area contributed by atoms with Crippen LogP contribution < -0.4 is 29.0 Å². The molecule has 2 aromatic rings. The zero-order valence-electron chi connectivity index (χ0n) is 19.2. The van der Waals surface area contributed by atoms with Crippen molar-refractivity contribution in [2.24, 2.45) is 0 Å². The number of ether oxygens (including phenoxy) is 5. The number of methoxy groups -OCH3 is 3. The van der Waals surface area contributed by atoms with Crippen molar-refractivity contribution in [3.8, 4) is 28.7 Å². The lowest BCUT2D eigenvalue weighted by Crippen LogP contribution is -2.26. The van der Waals surface area contributed by atoms with E-state index in [0.29, 0.717) is 47.5 Å². The summed E-state index contributed by atoms with van der Waals surface area (Å²) in [6, 6.07) is 8.74. The van der Waals surface area contributed by atoms with Crippen LogP contribution in [-0.2, 0) is 0 Å². The maximum Gasteiger partial charge on any atom is 0.252 e. The number of rotatable bonds is 12. The van der Waals surface area contributed by atoms with E-state index in [1.807, 2.05) is 25.1 Å². The van der Waals surface area contributed by atoms with Gasteiger partial charge in [-0.15, -0.1) is 0 Å². The van der Waals surface area contributed by atoms with Gasteiger partial charge in [-0.2, -0.15) is 0 Å². The van der Waals surface area contributed by atoms with Gasteiger partial charge < -0.3 is 29.0 Å². The Kier molecular flexibility index (Phi) is 9.31. The number of nitrogens with one attached hydrogen (secondary N) is 1. The van der Waals surface area contributed by atoms with E-state index in [-0.39, 0.29) is 11.9 Å². The molecule has 0 aliphatic carbocycles. The number of carbonyl (C=O) groups is 1. The number of hydrogen-bond acceptors (Lipinski definition) is 6. The summed E-state index contributed by atoms with van der Waals surface area (Å²) in [5.74, 6) is 2.42. The first kappa shape index (κ1) is 24.2. The molecular formula is C24H33NO6. The molecule has 1 N–H and O–H groups in total. The standard InChI is InChI=1S/C24H33NO6/c1-7-11-30-19-10-9-17(13-20(19)31-12-8-2)16(3)25-24(26)18-14-21(27-4)23(29-6)22(15-18)28-5/h9-10,13-16H,7-8,11-12H2,1-6H3,(H,25,26). The molecule has 7 heteroatoms. The zero-order chi connectivity index (χ0) is 22.8. The number of amides is 1. The third-order valence-corrected chi connectivity index (χ3v) is 4.67. The largest absolute Gasteiger partial charge is 0.493 e. The molecule has 0 fully saturated rings. The highest BCUT2D eigenvalue weighted by molar-refractivity contribution is 5.95. The molecule has 0 saturated carbocycles. The molecule has 1 unspecified atom stereocenters. The van der Waals surface area contributed by atoms with Gasteiger partial charge in [0.1, 0.15) is 0 Å². The van der Waals surface area contributed by atoms with Crippen molar-refractivity contribution in [2.45, 2.75) is 39.7 Å². The van der Waals surface area contributed by atoms with Crippen LogP contribution in [-0.4, -0.2) is 40.5 Å². The van der Waals surface area contributed by atoms with E-state index in [1.54, 1.807) is 12.1 Å². The molecule has 2 aromatic carbocycles. The summed E-state index contributed by atoms with van der Waals surface area (Å²) in [7, 11) is 4.55. The number of benzene rings is 2. The zero-order valence-corrected chi connectivity index (χ0v) is 19.2. The van der Waals surface area contributed by atoms with Gasteiger partial charge in [0.05, 0.1) is 40.6 Å². The molecule has 31 heavy (non-hydrogen) atoms. The predicted octanol–water partition coefficient (Wildman–Crippen LogP) is 4.78. The van der Waals surface area contributed by atoms with E-state index in [0.717, 1.165) is 18.4 Å². The Morgan fingerprint density at radius 2 is 1.42 bits per heavy atom. The molecule has 0 aliphatic rings. The topological polar surface area (TPSA) is 75.3 Å². The van der Waals surface area contributed by atoms with Crippen LogP contribution in [0.25, 0.3) is 0 Å². The fourth-order valence-electron chi connectivity index (χ4n) is 3.03. The molecule has 2 rings (SSSR count). The third-order valence-electron chi connectivity index (χ3n) is 4.67. The van der Waals surface area contributed by atoms with Crippen LogP contribution in [0, 0.1) is 0 Å². The second kappa shape index (κ2) is 11.9. The first-order chi connectivity index (χ1) is 15.0. The number of hydrogen-bond donors (Lipinski definition) is 1. The number of carbonyl (C=O) groups excluding carboxylic acids is 1. The van der Waals surface area contributed by atoms with Crippen LogP contribution >= 0.6 is 0 Å². The van der Waals surface area contributed by atoms with E-state index in [4.69, 9.17) is 23.7 Å². The first-order valence-corrected chi connectivity index (χ1v) is 10.5. The highest BCUT2D eigenvalue weighted by atomic mass is 16.5. The highest BCUT2D eigenvalue weighted by Crippen LogP contribution is 2.38. The summed E-state index contributed by atoms with van der Waals surface area (Å²) < 4.78 is 27.7. The van der Waals surface area contributed by atoms with Crippen molar-refractivity contribution in [1.82, 2.24) is 5.32 Å². The summed E-state index contributed by atoms with van der Waals surface area (Å²) in [6.07, 6.45) is 1.81. The Morgan fingerprint density at radius 3 is 1.94 bits per heavy atom. The maximum absolute atomic E-state index is 12.9. The van der Waals surface area contributed by atoms with Crippen molar-refractivity contribution in [3.63, 3.8) is 0 Å². The summed E-state index contributed by atoms with van der Waals surface area (Å²) in [5, 5.41) is 3.01. The van der Waals surface area contributed by atoms with Crippen molar-refractivity contribution in [1.29, 1.82) is 0 Å². The van der Waals surface area contributed by atoms with Crippen LogP contribution in [0.2, 0.25) is 0 Å². The fraction of sp³-hybridized carbons (Fsp3) is 0.458. The molecule has 7 nitrogen and oxygen atoms in total. The van der Waals surface area contributed by atoms with Crippen molar-refractivity contribution < 1.29 is 28.5 Å². The van der Waals surface area contributed by atoms with Crippen LogP contribution in [0.5, 0.6) is 28.7 Å². The Morgan fingerprint density at radius 1 is 0.839 bits per heavy atom. The SMILES string of the molecule is CCCOc1ccc(C(C)NC(=O)c2cc(OC)c(OC)c(OC)c2)cc1OCCC. The lowest BCUT2D eigenvalue weighted by Gasteiger charge is -2.19. The summed E-state index contributed by atoms with van der Waals surface area (Å²) >= 11 is 0. The minimum absolute atomic E-state index is 0.254. The van der Waals surface area contributed by atoms with Crippen molar-refractivity contribution in [2.75, 3.05) is 34.5 Å². The van der Waals surface area contributed by atoms with E-state index < -0.39 is 0 Å². The molecule has 0 heterocycles. The first-order valence-electron chi connectivity index (χ1n) is 10.5.